The van der Waals surface area contributed by atoms with Gasteiger partial charge in [0.25, 0.3) is 0 Å². The molecule has 0 amide bonds. The van der Waals surface area contributed by atoms with Crippen LogP contribution in [0.25, 0.3) is 10.6 Å². The third-order valence-corrected chi connectivity index (χ3v) is 2.62. The largest absolute Gasteiger partial charge is 0.396 e. The predicted molar refractivity (Wildman–Crippen MR) is 56.4 cm³/mol. The van der Waals surface area contributed by atoms with Crippen LogP contribution in [0.3, 0.4) is 0 Å². The van der Waals surface area contributed by atoms with Gasteiger partial charge in [0.1, 0.15) is 5.82 Å². The van der Waals surface area contributed by atoms with Gasteiger partial charge in [0.05, 0.1) is 16.3 Å². The Morgan fingerprint density at radius 2 is 2.00 bits per heavy atom. The molecule has 0 aromatic carbocycles. The van der Waals surface area contributed by atoms with Crippen LogP contribution in [0.4, 0.5) is 11.5 Å². The van der Waals surface area contributed by atoms with Gasteiger partial charge >= 0.3 is 0 Å². The highest BCUT2D eigenvalue weighted by molar-refractivity contribution is 7.13. The van der Waals surface area contributed by atoms with Crippen molar-refractivity contribution in [1.82, 2.24) is 4.98 Å². The van der Waals surface area contributed by atoms with Gasteiger partial charge in [0.2, 0.25) is 0 Å². The summed E-state index contributed by atoms with van der Waals surface area (Å²) in [6.07, 6.45) is 0. The summed E-state index contributed by atoms with van der Waals surface area (Å²) in [5.41, 5.74) is 12.6. The lowest BCUT2D eigenvalue weighted by atomic mass is 10.3. The van der Waals surface area contributed by atoms with Crippen molar-refractivity contribution in [1.29, 1.82) is 0 Å². The van der Waals surface area contributed by atoms with Crippen molar-refractivity contribution >= 4 is 22.8 Å². The predicted octanol–water partition coefficient (Wildman–Crippen LogP) is 1.97. The van der Waals surface area contributed by atoms with Gasteiger partial charge in [-0.25, -0.2) is 4.98 Å². The lowest BCUT2D eigenvalue weighted by Crippen LogP contribution is -1.97. The molecule has 0 unspecified atom stereocenters. The lowest BCUT2D eigenvalue weighted by molar-refractivity contribution is 1.35. The van der Waals surface area contributed by atoms with Gasteiger partial charge < -0.3 is 11.5 Å². The molecule has 0 saturated heterocycles. The van der Waals surface area contributed by atoms with E-state index in [-0.39, 0.29) is 0 Å². The summed E-state index contributed by atoms with van der Waals surface area (Å²) >= 11 is 1.63. The summed E-state index contributed by atoms with van der Waals surface area (Å²) in [7, 11) is 0. The molecule has 4 N–H and O–H groups in total. The fourth-order valence-corrected chi connectivity index (χ4v) is 1.74. The molecular formula is C9H9N3S. The van der Waals surface area contributed by atoms with E-state index in [9.17, 15) is 0 Å². The Hall–Kier alpha value is -1.55. The van der Waals surface area contributed by atoms with Gasteiger partial charge in [-0.1, -0.05) is 6.07 Å². The van der Waals surface area contributed by atoms with E-state index in [1.165, 1.54) is 0 Å². The Labute approximate surface area is 80.0 Å². The number of aromatic nitrogens is 1. The number of nitrogens with two attached hydrogens (primary N) is 2. The average molecular weight is 191 g/mol. The zero-order chi connectivity index (χ0) is 9.26. The number of hydrogen-bond donors (Lipinski definition) is 2. The molecule has 0 fully saturated rings. The molecule has 2 rings (SSSR count). The van der Waals surface area contributed by atoms with Crippen LogP contribution in [0.15, 0.2) is 29.6 Å². The molecule has 0 atom stereocenters. The molecule has 0 aliphatic carbocycles. The van der Waals surface area contributed by atoms with E-state index >= 15 is 0 Å². The van der Waals surface area contributed by atoms with E-state index < -0.39 is 0 Å². The molecule has 2 aromatic heterocycles. The minimum absolute atomic E-state index is 0.394. The molecule has 0 spiro atoms. The first-order chi connectivity index (χ1) is 6.27. The Bertz CT molecular complexity index is 409. The zero-order valence-corrected chi connectivity index (χ0v) is 7.71. The molecule has 0 aliphatic rings. The smallest absolute Gasteiger partial charge is 0.147 e. The van der Waals surface area contributed by atoms with Gasteiger partial charge in [-0.15, -0.1) is 11.3 Å². The molecule has 0 radical (unpaired) electrons. The average Bonchev–Trinajstić information content (AvgIpc) is 2.62. The topological polar surface area (TPSA) is 64.9 Å². The van der Waals surface area contributed by atoms with Crippen LogP contribution in [0.1, 0.15) is 0 Å². The van der Waals surface area contributed by atoms with E-state index in [4.69, 9.17) is 11.5 Å². The van der Waals surface area contributed by atoms with Crippen LogP contribution >= 0.6 is 11.3 Å². The summed E-state index contributed by atoms with van der Waals surface area (Å²) in [5, 5.41) is 2.00. The standard InChI is InChI=1S/C9H9N3S/c10-6-3-4-7(12-9(6)11)8-2-1-5-13-8/h1-5H,10H2,(H2,11,12). The summed E-state index contributed by atoms with van der Waals surface area (Å²) in [5.74, 6) is 0.394. The quantitative estimate of drug-likeness (QED) is 0.724. The fraction of sp³-hybridized carbons (Fsp3) is 0. The van der Waals surface area contributed by atoms with Crippen molar-refractivity contribution in [3.63, 3.8) is 0 Å². The Balaban J connectivity index is 2.49. The molecule has 3 nitrogen and oxygen atoms in total. The monoisotopic (exact) mass is 191 g/mol. The minimum Gasteiger partial charge on any atom is -0.396 e. The molecule has 66 valence electrons. The van der Waals surface area contributed by atoms with Crippen molar-refractivity contribution in [3.8, 4) is 10.6 Å². The maximum atomic E-state index is 5.60. The van der Waals surface area contributed by atoms with Crippen molar-refractivity contribution < 1.29 is 0 Å². The van der Waals surface area contributed by atoms with Gasteiger partial charge in [0.15, 0.2) is 0 Å². The molecule has 2 aromatic rings. The van der Waals surface area contributed by atoms with Crippen LogP contribution in [-0.4, -0.2) is 4.98 Å². The fourth-order valence-electron chi connectivity index (χ4n) is 1.05. The van der Waals surface area contributed by atoms with Crippen molar-refractivity contribution in [2.45, 2.75) is 0 Å². The number of rotatable bonds is 1. The Kier molecular flexibility index (Phi) is 1.90. The number of nitrogens with zero attached hydrogens (tertiary/aromatic N) is 1. The minimum atomic E-state index is 0.394. The summed E-state index contributed by atoms with van der Waals surface area (Å²) in [6.45, 7) is 0. The molecule has 0 saturated carbocycles. The number of thiophene rings is 1. The van der Waals surface area contributed by atoms with E-state index in [1.54, 1.807) is 17.4 Å². The van der Waals surface area contributed by atoms with Crippen LogP contribution in [0.5, 0.6) is 0 Å². The van der Waals surface area contributed by atoms with E-state index in [1.807, 2.05) is 23.6 Å². The Morgan fingerprint density at radius 3 is 2.62 bits per heavy atom. The zero-order valence-electron chi connectivity index (χ0n) is 6.90. The maximum absolute atomic E-state index is 5.60. The third kappa shape index (κ3) is 1.48. The molecule has 4 heteroatoms. The van der Waals surface area contributed by atoms with Crippen LogP contribution < -0.4 is 11.5 Å². The van der Waals surface area contributed by atoms with Gasteiger partial charge in [-0.3, -0.25) is 0 Å². The van der Waals surface area contributed by atoms with Gasteiger partial charge in [0, 0.05) is 0 Å². The summed E-state index contributed by atoms with van der Waals surface area (Å²) in [6, 6.07) is 7.63. The van der Waals surface area contributed by atoms with E-state index in [2.05, 4.69) is 4.98 Å². The first-order valence-corrected chi connectivity index (χ1v) is 4.71. The first kappa shape index (κ1) is 8.07. The maximum Gasteiger partial charge on any atom is 0.147 e. The van der Waals surface area contributed by atoms with Crippen LogP contribution in [0, 0.1) is 0 Å². The third-order valence-electron chi connectivity index (χ3n) is 1.73. The highest BCUT2D eigenvalue weighted by Gasteiger charge is 2.02. The summed E-state index contributed by atoms with van der Waals surface area (Å²) in [4.78, 5) is 5.28. The van der Waals surface area contributed by atoms with E-state index in [0.717, 1.165) is 10.6 Å². The van der Waals surface area contributed by atoms with Crippen LogP contribution in [0.2, 0.25) is 0 Å². The molecule has 0 bridgehead atoms. The van der Waals surface area contributed by atoms with E-state index in [0.29, 0.717) is 11.5 Å². The second-order valence-electron chi connectivity index (χ2n) is 2.65. The SMILES string of the molecule is Nc1ccc(-c2cccs2)nc1N. The first-order valence-electron chi connectivity index (χ1n) is 3.83. The molecule has 13 heavy (non-hydrogen) atoms. The van der Waals surface area contributed by atoms with Crippen molar-refractivity contribution in [2.75, 3.05) is 11.5 Å². The van der Waals surface area contributed by atoms with Gasteiger partial charge in [-0.05, 0) is 23.6 Å². The molecule has 2 heterocycles. The molecule has 0 aliphatic heterocycles. The number of pyridine rings is 1. The van der Waals surface area contributed by atoms with Crippen LogP contribution in [-0.2, 0) is 0 Å². The van der Waals surface area contributed by atoms with Crippen molar-refractivity contribution in [2.24, 2.45) is 0 Å². The lowest BCUT2D eigenvalue weighted by Gasteiger charge is -2.00. The Morgan fingerprint density at radius 1 is 1.15 bits per heavy atom. The number of hydrogen-bond acceptors (Lipinski definition) is 4. The highest BCUT2D eigenvalue weighted by atomic mass is 32.1. The second kappa shape index (κ2) is 3.06. The van der Waals surface area contributed by atoms with Crippen molar-refractivity contribution in [3.05, 3.63) is 29.6 Å². The number of nitrogen functional groups attached to an aromatic ring is 2. The van der Waals surface area contributed by atoms with Gasteiger partial charge in [-0.2, -0.15) is 0 Å². The highest BCUT2D eigenvalue weighted by Crippen LogP contribution is 2.25. The molecular weight excluding hydrogens is 182 g/mol. The normalized spacial score (nSPS) is 10.2. The second-order valence-corrected chi connectivity index (χ2v) is 3.60. The summed E-state index contributed by atoms with van der Waals surface area (Å²) < 4.78 is 0. The number of anilines is 2.